The van der Waals surface area contributed by atoms with Crippen molar-refractivity contribution in [1.82, 2.24) is 4.90 Å². The summed E-state index contributed by atoms with van der Waals surface area (Å²) in [6.45, 7) is 4.89. The molecule has 0 heterocycles. The van der Waals surface area contributed by atoms with Gasteiger partial charge in [-0.2, -0.15) is 0 Å². The molecule has 1 amide bonds. The van der Waals surface area contributed by atoms with E-state index in [-0.39, 0.29) is 18.3 Å². The molecule has 0 fully saturated rings. The molecule has 1 rings (SSSR count). The van der Waals surface area contributed by atoms with Crippen molar-refractivity contribution in [3.8, 4) is 5.75 Å². The minimum absolute atomic E-state index is 0.0832. The smallest absolute Gasteiger partial charge is 0.260 e. The van der Waals surface area contributed by atoms with Crippen molar-refractivity contribution in [3.63, 3.8) is 0 Å². The van der Waals surface area contributed by atoms with Crippen molar-refractivity contribution >= 4 is 21.8 Å². The van der Waals surface area contributed by atoms with Gasteiger partial charge in [0.25, 0.3) is 5.91 Å². The summed E-state index contributed by atoms with van der Waals surface area (Å²) in [5, 5.41) is 0. The predicted molar refractivity (Wildman–Crippen MR) is 67.5 cm³/mol. The lowest BCUT2D eigenvalue weighted by molar-refractivity contribution is -0.133. The number of hydrogen-bond acceptors (Lipinski definition) is 2. The van der Waals surface area contributed by atoms with Gasteiger partial charge in [-0.3, -0.25) is 4.79 Å². The van der Waals surface area contributed by atoms with E-state index in [9.17, 15) is 9.18 Å². The van der Waals surface area contributed by atoms with Crippen molar-refractivity contribution < 1.29 is 13.9 Å². The minimum atomic E-state index is -0.472. The Bertz CT molecular complexity index is 394. The van der Waals surface area contributed by atoms with E-state index < -0.39 is 5.82 Å². The zero-order chi connectivity index (χ0) is 12.8. The van der Waals surface area contributed by atoms with E-state index in [0.717, 1.165) is 0 Å². The SMILES string of the molecule is CCN(CC)C(=O)COc1cc(Br)ccc1F. The normalized spacial score (nSPS) is 10.1. The molecule has 17 heavy (non-hydrogen) atoms. The van der Waals surface area contributed by atoms with Crippen LogP contribution >= 0.6 is 15.9 Å². The molecule has 0 bridgehead atoms. The number of hydrogen-bond donors (Lipinski definition) is 0. The van der Waals surface area contributed by atoms with Gasteiger partial charge in [0, 0.05) is 17.6 Å². The van der Waals surface area contributed by atoms with E-state index >= 15 is 0 Å². The number of rotatable bonds is 5. The molecule has 0 aliphatic heterocycles. The van der Waals surface area contributed by atoms with E-state index in [1.54, 1.807) is 11.0 Å². The monoisotopic (exact) mass is 303 g/mol. The Morgan fingerprint density at radius 2 is 2.06 bits per heavy atom. The second kappa shape index (κ2) is 6.59. The number of carbonyl (C=O) groups is 1. The Labute approximate surface area is 109 Å². The van der Waals surface area contributed by atoms with E-state index in [2.05, 4.69) is 15.9 Å². The quantitative estimate of drug-likeness (QED) is 0.837. The molecule has 1 aromatic rings. The number of halogens is 2. The summed E-state index contributed by atoms with van der Waals surface area (Å²) in [5.74, 6) is -0.533. The Morgan fingerprint density at radius 3 is 2.65 bits per heavy atom. The van der Waals surface area contributed by atoms with Crippen LogP contribution in [-0.2, 0) is 4.79 Å². The van der Waals surface area contributed by atoms with E-state index in [1.807, 2.05) is 13.8 Å². The fourth-order valence-electron chi connectivity index (χ4n) is 1.39. The molecule has 3 nitrogen and oxygen atoms in total. The van der Waals surface area contributed by atoms with Crippen LogP contribution in [-0.4, -0.2) is 30.5 Å². The largest absolute Gasteiger partial charge is 0.481 e. The topological polar surface area (TPSA) is 29.5 Å². The molecule has 94 valence electrons. The average Bonchev–Trinajstić information content (AvgIpc) is 2.32. The first-order chi connectivity index (χ1) is 8.08. The number of ether oxygens (including phenoxy) is 1. The van der Waals surface area contributed by atoms with Crippen molar-refractivity contribution in [2.75, 3.05) is 19.7 Å². The van der Waals surface area contributed by atoms with Gasteiger partial charge < -0.3 is 9.64 Å². The Balaban J connectivity index is 2.61. The fourth-order valence-corrected chi connectivity index (χ4v) is 1.73. The van der Waals surface area contributed by atoms with Crippen LogP contribution in [0.3, 0.4) is 0 Å². The van der Waals surface area contributed by atoms with E-state index in [4.69, 9.17) is 4.74 Å². The Morgan fingerprint density at radius 1 is 1.41 bits per heavy atom. The van der Waals surface area contributed by atoms with Gasteiger partial charge in [0.05, 0.1) is 0 Å². The molecule has 0 aromatic heterocycles. The summed E-state index contributed by atoms with van der Waals surface area (Å²) in [4.78, 5) is 13.3. The molecule has 0 radical (unpaired) electrons. The molecular formula is C12H15BrFNO2. The number of amides is 1. The van der Waals surface area contributed by atoms with Crippen LogP contribution in [0.1, 0.15) is 13.8 Å². The molecule has 0 saturated carbocycles. The van der Waals surface area contributed by atoms with E-state index in [1.165, 1.54) is 12.1 Å². The highest BCUT2D eigenvalue weighted by Crippen LogP contribution is 2.22. The Hall–Kier alpha value is -1.10. The molecule has 0 saturated heterocycles. The van der Waals surface area contributed by atoms with Crippen LogP contribution in [0.2, 0.25) is 0 Å². The molecular weight excluding hydrogens is 289 g/mol. The molecule has 0 N–H and O–H groups in total. The maximum atomic E-state index is 13.3. The summed E-state index contributed by atoms with van der Waals surface area (Å²) < 4.78 is 19.2. The fraction of sp³-hybridized carbons (Fsp3) is 0.417. The van der Waals surface area contributed by atoms with Gasteiger partial charge in [-0.25, -0.2) is 4.39 Å². The summed E-state index contributed by atoms with van der Waals surface area (Å²) in [5.41, 5.74) is 0. The van der Waals surface area contributed by atoms with Crippen LogP contribution in [0.5, 0.6) is 5.75 Å². The maximum absolute atomic E-state index is 13.3. The van der Waals surface area contributed by atoms with Gasteiger partial charge in [0.2, 0.25) is 0 Å². The van der Waals surface area contributed by atoms with Crippen molar-refractivity contribution in [1.29, 1.82) is 0 Å². The van der Waals surface area contributed by atoms with Gasteiger partial charge in [-0.05, 0) is 32.0 Å². The average molecular weight is 304 g/mol. The highest BCUT2D eigenvalue weighted by molar-refractivity contribution is 9.10. The molecule has 0 unspecified atom stereocenters. The van der Waals surface area contributed by atoms with Crippen molar-refractivity contribution in [2.45, 2.75) is 13.8 Å². The third kappa shape index (κ3) is 4.00. The second-order valence-electron chi connectivity index (χ2n) is 3.43. The van der Waals surface area contributed by atoms with Crippen LogP contribution in [0.25, 0.3) is 0 Å². The third-order valence-electron chi connectivity index (χ3n) is 2.36. The Kier molecular flexibility index (Phi) is 5.41. The zero-order valence-electron chi connectivity index (χ0n) is 9.87. The second-order valence-corrected chi connectivity index (χ2v) is 4.35. The van der Waals surface area contributed by atoms with Crippen LogP contribution in [0.15, 0.2) is 22.7 Å². The first kappa shape index (κ1) is 14.0. The maximum Gasteiger partial charge on any atom is 0.260 e. The third-order valence-corrected chi connectivity index (χ3v) is 2.85. The summed E-state index contributed by atoms with van der Waals surface area (Å²) in [6, 6.07) is 4.38. The predicted octanol–water partition coefficient (Wildman–Crippen LogP) is 2.84. The first-order valence-corrected chi connectivity index (χ1v) is 6.23. The molecule has 0 atom stereocenters. The van der Waals surface area contributed by atoms with Crippen LogP contribution in [0.4, 0.5) is 4.39 Å². The summed E-state index contributed by atoms with van der Waals surface area (Å²) in [7, 11) is 0. The number of benzene rings is 1. The minimum Gasteiger partial charge on any atom is -0.481 e. The number of likely N-dealkylation sites (N-methyl/N-ethyl adjacent to an activating group) is 1. The van der Waals surface area contributed by atoms with Gasteiger partial charge in [-0.1, -0.05) is 15.9 Å². The van der Waals surface area contributed by atoms with Gasteiger partial charge in [0.15, 0.2) is 18.2 Å². The van der Waals surface area contributed by atoms with Crippen LogP contribution in [0, 0.1) is 5.82 Å². The lowest BCUT2D eigenvalue weighted by Gasteiger charge is -2.18. The van der Waals surface area contributed by atoms with Crippen molar-refractivity contribution in [2.24, 2.45) is 0 Å². The summed E-state index contributed by atoms with van der Waals surface area (Å²) >= 11 is 3.22. The van der Waals surface area contributed by atoms with Gasteiger partial charge >= 0.3 is 0 Å². The van der Waals surface area contributed by atoms with Gasteiger partial charge in [0.1, 0.15) is 0 Å². The lowest BCUT2D eigenvalue weighted by Crippen LogP contribution is -2.34. The number of carbonyl (C=O) groups excluding carboxylic acids is 1. The van der Waals surface area contributed by atoms with E-state index in [0.29, 0.717) is 17.6 Å². The molecule has 1 aromatic carbocycles. The zero-order valence-corrected chi connectivity index (χ0v) is 11.5. The van der Waals surface area contributed by atoms with Gasteiger partial charge in [-0.15, -0.1) is 0 Å². The highest BCUT2D eigenvalue weighted by atomic mass is 79.9. The van der Waals surface area contributed by atoms with Crippen molar-refractivity contribution in [3.05, 3.63) is 28.5 Å². The standard InChI is InChI=1S/C12H15BrFNO2/c1-3-15(4-2)12(16)8-17-11-7-9(13)5-6-10(11)14/h5-7H,3-4,8H2,1-2H3. The molecule has 5 heteroatoms. The van der Waals surface area contributed by atoms with Crippen LogP contribution < -0.4 is 4.74 Å². The number of nitrogens with zero attached hydrogens (tertiary/aromatic N) is 1. The first-order valence-electron chi connectivity index (χ1n) is 5.44. The lowest BCUT2D eigenvalue weighted by atomic mass is 10.3. The highest BCUT2D eigenvalue weighted by Gasteiger charge is 2.11. The molecule has 0 spiro atoms. The molecule has 0 aliphatic rings. The summed E-state index contributed by atoms with van der Waals surface area (Å²) in [6.07, 6.45) is 0. The molecule has 0 aliphatic carbocycles.